The summed E-state index contributed by atoms with van der Waals surface area (Å²) in [4.78, 5) is 15.6. The molecule has 1 aliphatic rings. The summed E-state index contributed by atoms with van der Waals surface area (Å²) >= 11 is 5.92. The van der Waals surface area contributed by atoms with Gasteiger partial charge in [-0.15, -0.1) is 0 Å². The van der Waals surface area contributed by atoms with E-state index >= 15 is 0 Å². The summed E-state index contributed by atoms with van der Waals surface area (Å²) < 4.78 is 15.5. The fraction of sp³-hybridized carbons (Fsp3) is 0.188. The second-order valence-corrected chi connectivity index (χ2v) is 6.08. The predicted molar refractivity (Wildman–Crippen MR) is 89.7 cm³/mol. The van der Waals surface area contributed by atoms with E-state index in [2.05, 4.69) is 20.7 Å². The molecule has 0 spiro atoms. The van der Waals surface area contributed by atoms with Crippen molar-refractivity contribution in [3.8, 4) is 0 Å². The maximum absolute atomic E-state index is 13.9. The molecule has 1 aliphatic carbocycles. The lowest BCUT2D eigenvalue weighted by Crippen LogP contribution is -2.09. The van der Waals surface area contributed by atoms with Gasteiger partial charge >= 0.3 is 0 Å². The van der Waals surface area contributed by atoms with E-state index in [-0.39, 0.29) is 5.69 Å². The number of carbonyl (C=O) groups excluding carboxylic acids is 1. The Kier molecular flexibility index (Phi) is 3.57. The number of nitrogens with zero attached hydrogens (tertiary/aromatic N) is 3. The quantitative estimate of drug-likeness (QED) is 0.691. The fourth-order valence-corrected chi connectivity index (χ4v) is 2.57. The van der Waals surface area contributed by atoms with E-state index in [1.807, 2.05) is 0 Å². The number of halogens is 2. The van der Waals surface area contributed by atoms with Gasteiger partial charge in [-0.25, -0.2) is 9.37 Å². The van der Waals surface area contributed by atoms with Crippen LogP contribution < -0.4 is 10.6 Å². The first-order valence-corrected chi connectivity index (χ1v) is 7.84. The number of hydrogen-bond donors (Lipinski definition) is 2. The number of nitrogens with one attached hydrogen (secondary N) is 2. The maximum atomic E-state index is 13.9. The van der Waals surface area contributed by atoms with Gasteiger partial charge < -0.3 is 10.6 Å². The zero-order valence-electron chi connectivity index (χ0n) is 12.5. The lowest BCUT2D eigenvalue weighted by atomic mass is 10.3. The largest absolute Gasteiger partial charge is 0.367 e. The predicted octanol–water partition coefficient (Wildman–Crippen LogP) is 3.65. The average molecular weight is 346 g/mol. The Morgan fingerprint density at radius 1 is 1.33 bits per heavy atom. The molecule has 122 valence electrons. The Morgan fingerprint density at radius 2 is 2.17 bits per heavy atom. The van der Waals surface area contributed by atoms with E-state index in [0.29, 0.717) is 40.2 Å². The molecule has 0 amide bonds. The third-order valence-corrected chi connectivity index (χ3v) is 3.98. The van der Waals surface area contributed by atoms with Crippen molar-refractivity contribution in [1.82, 2.24) is 14.6 Å². The average Bonchev–Trinajstić information content (AvgIpc) is 3.28. The van der Waals surface area contributed by atoms with Crippen molar-refractivity contribution in [2.75, 3.05) is 10.6 Å². The molecule has 1 saturated carbocycles. The van der Waals surface area contributed by atoms with E-state index in [1.165, 1.54) is 24.4 Å². The molecular formula is C16H13ClFN5O. The zero-order chi connectivity index (χ0) is 16.7. The third-order valence-electron chi connectivity index (χ3n) is 3.75. The van der Waals surface area contributed by atoms with Gasteiger partial charge in [-0.05, 0) is 31.0 Å². The highest BCUT2D eigenvalue weighted by Gasteiger charge is 2.23. The van der Waals surface area contributed by atoms with Crippen LogP contribution >= 0.6 is 11.6 Å². The highest BCUT2D eigenvalue weighted by Crippen LogP contribution is 2.28. The van der Waals surface area contributed by atoms with Gasteiger partial charge in [-0.2, -0.15) is 9.61 Å². The molecule has 4 rings (SSSR count). The van der Waals surface area contributed by atoms with E-state index in [4.69, 9.17) is 11.6 Å². The molecule has 0 unspecified atom stereocenters. The first kappa shape index (κ1) is 14.9. The van der Waals surface area contributed by atoms with Crippen LogP contribution in [0.2, 0.25) is 5.02 Å². The van der Waals surface area contributed by atoms with Gasteiger partial charge in [-0.1, -0.05) is 11.6 Å². The van der Waals surface area contributed by atoms with Crippen LogP contribution in [0.1, 0.15) is 23.2 Å². The molecule has 2 aromatic heterocycles. The molecule has 6 nitrogen and oxygen atoms in total. The molecule has 8 heteroatoms. The SMILES string of the molecule is O=Cc1cnn2c(NC3CC3)cc(Nc3cc(Cl)ccc3F)nc12. The standard InChI is InChI=1S/C16H13ClFN5O/c17-10-1-4-12(18)13(5-10)21-14-6-15(20-11-2-3-11)23-16(22-14)9(8-24)7-19-23/h1,4-8,11,20H,2-3H2,(H,21,22). The van der Waals surface area contributed by atoms with E-state index in [0.717, 1.165) is 12.8 Å². The summed E-state index contributed by atoms with van der Waals surface area (Å²) in [5.74, 6) is 0.651. The van der Waals surface area contributed by atoms with E-state index in [1.54, 1.807) is 10.6 Å². The molecule has 0 aliphatic heterocycles. The topological polar surface area (TPSA) is 71.3 Å². The highest BCUT2D eigenvalue weighted by atomic mass is 35.5. The first-order chi connectivity index (χ1) is 11.6. The van der Waals surface area contributed by atoms with Crippen LogP contribution in [0.5, 0.6) is 0 Å². The normalized spacial score (nSPS) is 13.9. The smallest absolute Gasteiger partial charge is 0.170 e. The van der Waals surface area contributed by atoms with Gasteiger partial charge in [0.1, 0.15) is 17.5 Å². The number of aromatic nitrogens is 3. The van der Waals surface area contributed by atoms with Crippen molar-refractivity contribution in [2.24, 2.45) is 0 Å². The Morgan fingerprint density at radius 3 is 2.92 bits per heavy atom. The Labute approximate surface area is 141 Å². The van der Waals surface area contributed by atoms with E-state index in [9.17, 15) is 9.18 Å². The monoisotopic (exact) mass is 345 g/mol. The van der Waals surface area contributed by atoms with Crippen molar-refractivity contribution in [2.45, 2.75) is 18.9 Å². The fourth-order valence-electron chi connectivity index (χ4n) is 2.40. The number of aldehydes is 1. The van der Waals surface area contributed by atoms with Gasteiger partial charge in [0.05, 0.1) is 17.4 Å². The third kappa shape index (κ3) is 2.78. The number of anilines is 3. The van der Waals surface area contributed by atoms with Crippen LogP contribution in [-0.4, -0.2) is 26.9 Å². The van der Waals surface area contributed by atoms with Crippen LogP contribution in [0.15, 0.2) is 30.5 Å². The second kappa shape index (κ2) is 5.76. The van der Waals surface area contributed by atoms with Crippen molar-refractivity contribution in [1.29, 1.82) is 0 Å². The molecule has 0 bridgehead atoms. The van der Waals surface area contributed by atoms with Crippen molar-refractivity contribution in [3.63, 3.8) is 0 Å². The number of rotatable bonds is 5. The van der Waals surface area contributed by atoms with Gasteiger partial charge in [0.2, 0.25) is 0 Å². The van der Waals surface area contributed by atoms with Crippen LogP contribution in [0.25, 0.3) is 5.65 Å². The van der Waals surface area contributed by atoms with Crippen molar-refractivity contribution >= 4 is 40.9 Å². The van der Waals surface area contributed by atoms with Crippen LogP contribution in [-0.2, 0) is 0 Å². The van der Waals surface area contributed by atoms with Crippen molar-refractivity contribution in [3.05, 3.63) is 46.9 Å². The summed E-state index contributed by atoms with van der Waals surface area (Å²) in [6, 6.07) is 6.35. The Bertz CT molecular complexity index is 938. The summed E-state index contributed by atoms with van der Waals surface area (Å²) in [7, 11) is 0. The van der Waals surface area contributed by atoms with Crippen molar-refractivity contribution < 1.29 is 9.18 Å². The molecule has 0 atom stereocenters. The first-order valence-electron chi connectivity index (χ1n) is 7.46. The Hall–Kier alpha value is -2.67. The number of fused-ring (bicyclic) bond motifs is 1. The van der Waals surface area contributed by atoms with Gasteiger partial charge in [0.15, 0.2) is 11.9 Å². The minimum atomic E-state index is -0.443. The molecule has 24 heavy (non-hydrogen) atoms. The number of carbonyl (C=O) groups is 1. The van der Waals surface area contributed by atoms with Crippen LogP contribution in [0.3, 0.4) is 0 Å². The summed E-state index contributed by atoms with van der Waals surface area (Å²) in [5.41, 5.74) is 0.980. The zero-order valence-corrected chi connectivity index (χ0v) is 13.2. The molecule has 1 fully saturated rings. The molecule has 1 aromatic carbocycles. The molecular weight excluding hydrogens is 333 g/mol. The molecule has 3 aromatic rings. The van der Waals surface area contributed by atoms with Gasteiger partial charge in [0.25, 0.3) is 0 Å². The number of benzene rings is 1. The van der Waals surface area contributed by atoms with Crippen LogP contribution in [0, 0.1) is 5.82 Å². The summed E-state index contributed by atoms with van der Waals surface area (Å²) in [6.07, 6.45) is 4.31. The molecule has 2 N–H and O–H groups in total. The molecule has 0 saturated heterocycles. The molecule has 2 heterocycles. The van der Waals surface area contributed by atoms with Crippen LogP contribution in [0.4, 0.5) is 21.7 Å². The maximum Gasteiger partial charge on any atom is 0.170 e. The second-order valence-electron chi connectivity index (χ2n) is 5.65. The lowest BCUT2D eigenvalue weighted by Gasteiger charge is -2.12. The minimum Gasteiger partial charge on any atom is -0.367 e. The Balaban J connectivity index is 1.79. The van der Waals surface area contributed by atoms with E-state index < -0.39 is 5.82 Å². The van der Waals surface area contributed by atoms with Gasteiger partial charge in [-0.3, -0.25) is 4.79 Å². The summed E-state index contributed by atoms with van der Waals surface area (Å²) in [6.45, 7) is 0. The number of hydrogen-bond acceptors (Lipinski definition) is 5. The highest BCUT2D eigenvalue weighted by molar-refractivity contribution is 6.30. The molecule has 0 radical (unpaired) electrons. The van der Waals surface area contributed by atoms with Gasteiger partial charge in [0, 0.05) is 17.1 Å². The lowest BCUT2D eigenvalue weighted by molar-refractivity contribution is 0.112. The summed E-state index contributed by atoms with van der Waals surface area (Å²) in [5, 5.41) is 10.8. The minimum absolute atomic E-state index is 0.212.